The third-order valence-electron chi connectivity index (χ3n) is 2.88. The fourth-order valence-corrected chi connectivity index (χ4v) is 2.00. The van der Waals surface area contributed by atoms with Crippen LogP contribution in [0.2, 0.25) is 0 Å². The van der Waals surface area contributed by atoms with Gasteiger partial charge >= 0.3 is 0 Å². The number of aliphatic hydroxyl groups is 1. The van der Waals surface area contributed by atoms with Crippen molar-refractivity contribution in [1.82, 2.24) is 5.32 Å². The van der Waals surface area contributed by atoms with E-state index in [9.17, 15) is 5.11 Å². The molecule has 0 aliphatic carbocycles. The highest BCUT2D eigenvalue weighted by atomic mass is 16.5. The summed E-state index contributed by atoms with van der Waals surface area (Å²) < 4.78 is 10.8. The molecule has 0 aliphatic heterocycles. The van der Waals surface area contributed by atoms with E-state index in [-0.39, 0.29) is 6.10 Å². The summed E-state index contributed by atoms with van der Waals surface area (Å²) in [6, 6.07) is 3.84. The number of rotatable bonds is 10. The maximum absolute atomic E-state index is 9.78. The summed E-state index contributed by atoms with van der Waals surface area (Å²) in [5, 5.41) is 13.0. The predicted molar refractivity (Wildman–Crippen MR) is 76.2 cm³/mol. The number of ether oxygens (including phenoxy) is 1. The van der Waals surface area contributed by atoms with Gasteiger partial charge in [-0.1, -0.05) is 13.8 Å². The zero-order valence-electron chi connectivity index (χ0n) is 12.3. The molecule has 2 N–H and O–H groups in total. The van der Waals surface area contributed by atoms with Gasteiger partial charge in [0.2, 0.25) is 0 Å². The topological polar surface area (TPSA) is 54.6 Å². The van der Waals surface area contributed by atoms with Crippen LogP contribution in [0.3, 0.4) is 0 Å². The molecule has 110 valence electrons. The third kappa shape index (κ3) is 8.03. The fourth-order valence-electron chi connectivity index (χ4n) is 2.00. The van der Waals surface area contributed by atoms with Gasteiger partial charge in [-0.05, 0) is 31.4 Å². The van der Waals surface area contributed by atoms with Gasteiger partial charge in [0.1, 0.15) is 5.76 Å². The van der Waals surface area contributed by atoms with Gasteiger partial charge < -0.3 is 19.6 Å². The minimum Gasteiger partial charge on any atom is -0.469 e. The molecule has 0 saturated heterocycles. The molecule has 1 rings (SSSR count). The van der Waals surface area contributed by atoms with E-state index in [4.69, 9.17) is 9.15 Å². The summed E-state index contributed by atoms with van der Waals surface area (Å²) in [5.41, 5.74) is 0. The Hall–Kier alpha value is -0.840. The highest BCUT2D eigenvalue weighted by Gasteiger charge is 2.09. The first kappa shape index (κ1) is 16.2. The molecule has 1 heterocycles. The SMILES string of the molecule is CC(C)CC(C)OCC(O)CNCCc1ccco1. The van der Waals surface area contributed by atoms with E-state index in [0.717, 1.165) is 25.1 Å². The Morgan fingerprint density at radius 3 is 2.79 bits per heavy atom. The molecule has 0 amide bonds. The Kier molecular flexibility index (Phi) is 7.79. The van der Waals surface area contributed by atoms with Crippen molar-refractivity contribution in [2.24, 2.45) is 5.92 Å². The average Bonchev–Trinajstić information content (AvgIpc) is 2.84. The van der Waals surface area contributed by atoms with Crippen molar-refractivity contribution in [3.63, 3.8) is 0 Å². The average molecular weight is 269 g/mol. The van der Waals surface area contributed by atoms with Crippen LogP contribution in [0.15, 0.2) is 22.8 Å². The van der Waals surface area contributed by atoms with Crippen LogP contribution < -0.4 is 5.32 Å². The van der Waals surface area contributed by atoms with E-state index in [1.807, 2.05) is 12.1 Å². The van der Waals surface area contributed by atoms with E-state index in [0.29, 0.717) is 19.1 Å². The molecule has 0 bridgehead atoms. The molecular formula is C15H27NO3. The fraction of sp³-hybridized carbons (Fsp3) is 0.733. The van der Waals surface area contributed by atoms with E-state index < -0.39 is 6.10 Å². The molecule has 19 heavy (non-hydrogen) atoms. The first-order chi connectivity index (χ1) is 9.08. The molecule has 0 spiro atoms. The summed E-state index contributed by atoms with van der Waals surface area (Å²) >= 11 is 0. The van der Waals surface area contributed by atoms with Crippen molar-refractivity contribution in [2.45, 2.75) is 45.8 Å². The Morgan fingerprint density at radius 1 is 1.37 bits per heavy atom. The third-order valence-corrected chi connectivity index (χ3v) is 2.88. The van der Waals surface area contributed by atoms with Crippen molar-refractivity contribution >= 4 is 0 Å². The molecule has 1 aromatic heterocycles. The molecule has 0 saturated carbocycles. The zero-order chi connectivity index (χ0) is 14.1. The van der Waals surface area contributed by atoms with Gasteiger partial charge in [-0.3, -0.25) is 0 Å². The Labute approximate surface area is 116 Å². The molecular weight excluding hydrogens is 242 g/mol. The monoisotopic (exact) mass is 269 g/mol. The van der Waals surface area contributed by atoms with Crippen LogP contribution >= 0.6 is 0 Å². The first-order valence-corrected chi connectivity index (χ1v) is 7.10. The van der Waals surface area contributed by atoms with Gasteiger partial charge in [-0.25, -0.2) is 0 Å². The largest absolute Gasteiger partial charge is 0.469 e. The van der Waals surface area contributed by atoms with E-state index in [1.165, 1.54) is 0 Å². The Balaban J connectivity index is 2.00. The standard InChI is InChI=1S/C15H27NO3/c1-12(2)9-13(3)19-11-14(17)10-16-7-6-15-5-4-8-18-15/h4-5,8,12-14,16-17H,6-7,9-11H2,1-3H3. The van der Waals surface area contributed by atoms with Crippen molar-refractivity contribution < 1.29 is 14.3 Å². The van der Waals surface area contributed by atoms with Crippen molar-refractivity contribution in [3.8, 4) is 0 Å². The van der Waals surface area contributed by atoms with Crippen molar-refractivity contribution in [3.05, 3.63) is 24.2 Å². The molecule has 0 radical (unpaired) electrons. The summed E-state index contributed by atoms with van der Waals surface area (Å²) in [6.45, 7) is 8.14. The van der Waals surface area contributed by atoms with Gasteiger partial charge in [-0.2, -0.15) is 0 Å². The number of nitrogens with one attached hydrogen (secondary N) is 1. The lowest BCUT2D eigenvalue weighted by molar-refractivity contribution is -0.00840. The summed E-state index contributed by atoms with van der Waals surface area (Å²) in [4.78, 5) is 0. The maximum Gasteiger partial charge on any atom is 0.105 e. The summed E-state index contributed by atoms with van der Waals surface area (Å²) in [7, 11) is 0. The van der Waals surface area contributed by atoms with Crippen LogP contribution in [-0.2, 0) is 11.2 Å². The van der Waals surface area contributed by atoms with Gasteiger partial charge in [-0.15, -0.1) is 0 Å². The van der Waals surface area contributed by atoms with Crippen LogP contribution in [0.1, 0.15) is 33.0 Å². The van der Waals surface area contributed by atoms with Crippen LogP contribution in [-0.4, -0.2) is 37.0 Å². The lowest BCUT2D eigenvalue weighted by atomic mass is 10.1. The zero-order valence-corrected chi connectivity index (χ0v) is 12.3. The number of furan rings is 1. The van der Waals surface area contributed by atoms with E-state index in [1.54, 1.807) is 6.26 Å². The Bertz CT molecular complexity index is 311. The molecule has 4 nitrogen and oxygen atoms in total. The lowest BCUT2D eigenvalue weighted by Gasteiger charge is -2.18. The second-order valence-corrected chi connectivity index (χ2v) is 5.46. The van der Waals surface area contributed by atoms with Gasteiger partial charge in [0, 0.05) is 19.5 Å². The molecule has 0 aromatic carbocycles. The van der Waals surface area contributed by atoms with Crippen LogP contribution in [0.25, 0.3) is 0 Å². The minimum absolute atomic E-state index is 0.206. The van der Waals surface area contributed by atoms with Gasteiger partial charge in [0.15, 0.2) is 0 Å². The van der Waals surface area contributed by atoms with Gasteiger partial charge in [0.05, 0.1) is 25.1 Å². The smallest absolute Gasteiger partial charge is 0.105 e. The summed E-state index contributed by atoms with van der Waals surface area (Å²) in [6.07, 6.45) is 3.29. The summed E-state index contributed by atoms with van der Waals surface area (Å²) in [5.74, 6) is 1.59. The minimum atomic E-state index is -0.453. The number of hydrogen-bond donors (Lipinski definition) is 2. The quantitative estimate of drug-likeness (QED) is 0.640. The normalized spacial score (nSPS) is 14.8. The van der Waals surface area contributed by atoms with Gasteiger partial charge in [0.25, 0.3) is 0 Å². The van der Waals surface area contributed by atoms with Crippen molar-refractivity contribution in [1.29, 1.82) is 0 Å². The van der Waals surface area contributed by atoms with Crippen LogP contribution in [0, 0.1) is 5.92 Å². The molecule has 0 fully saturated rings. The van der Waals surface area contributed by atoms with E-state index >= 15 is 0 Å². The second kappa shape index (κ2) is 9.13. The Morgan fingerprint density at radius 2 is 2.16 bits per heavy atom. The molecule has 2 atom stereocenters. The molecule has 0 aliphatic rings. The lowest BCUT2D eigenvalue weighted by Crippen LogP contribution is -2.32. The van der Waals surface area contributed by atoms with Crippen LogP contribution in [0.4, 0.5) is 0 Å². The van der Waals surface area contributed by atoms with E-state index in [2.05, 4.69) is 26.1 Å². The highest BCUT2D eigenvalue weighted by Crippen LogP contribution is 2.07. The number of hydrogen-bond acceptors (Lipinski definition) is 4. The second-order valence-electron chi connectivity index (χ2n) is 5.46. The van der Waals surface area contributed by atoms with Crippen molar-refractivity contribution in [2.75, 3.05) is 19.7 Å². The number of aliphatic hydroxyl groups excluding tert-OH is 1. The van der Waals surface area contributed by atoms with Crippen LogP contribution in [0.5, 0.6) is 0 Å². The molecule has 4 heteroatoms. The maximum atomic E-state index is 9.78. The molecule has 1 aromatic rings. The molecule has 2 unspecified atom stereocenters. The predicted octanol–water partition coefficient (Wildman–Crippen LogP) is 2.22. The first-order valence-electron chi connectivity index (χ1n) is 7.10. The highest BCUT2D eigenvalue weighted by molar-refractivity contribution is 4.98.